The van der Waals surface area contributed by atoms with Crippen LogP contribution < -0.4 is 10.6 Å². The number of fused-ring (bicyclic) bond motifs is 1. The highest BCUT2D eigenvalue weighted by Gasteiger charge is 2.13. The summed E-state index contributed by atoms with van der Waals surface area (Å²) in [5.41, 5.74) is 7.84. The Balaban J connectivity index is 1.83. The number of para-hydroxylation sites is 1. The number of halogens is 1. The number of nitrogens with one attached hydrogen (secondary N) is 2. The zero-order valence-electron chi connectivity index (χ0n) is 11.9. The molecule has 0 atom stereocenters. The molecule has 1 heterocycles. The lowest BCUT2D eigenvalue weighted by molar-refractivity contribution is 1.11. The van der Waals surface area contributed by atoms with Gasteiger partial charge in [-0.1, -0.05) is 24.3 Å². The Morgan fingerprint density at radius 1 is 1.25 bits per heavy atom. The van der Waals surface area contributed by atoms with Crippen LogP contribution >= 0.6 is 15.9 Å². The van der Waals surface area contributed by atoms with Gasteiger partial charge >= 0.3 is 0 Å². The van der Waals surface area contributed by atoms with Crippen molar-refractivity contribution in [1.29, 1.82) is 0 Å². The van der Waals surface area contributed by atoms with Crippen LogP contribution in [0.4, 0.5) is 11.4 Å². The highest BCUT2D eigenvalue weighted by Crippen LogP contribution is 2.30. The molecule has 0 spiro atoms. The van der Waals surface area contributed by atoms with Crippen molar-refractivity contribution in [3.05, 3.63) is 57.1 Å². The fourth-order valence-corrected chi connectivity index (χ4v) is 3.70. The first-order valence-electron chi connectivity index (χ1n) is 7.00. The smallest absolute Gasteiger partial charge is 0.0517 e. The molecule has 0 fully saturated rings. The molecule has 0 amide bonds. The van der Waals surface area contributed by atoms with Crippen molar-refractivity contribution in [2.24, 2.45) is 0 Å². The van der Waals surface area contributed by atoms with Gasteiger partial charge < -0.3 is 10.6 Å². The zero-order valence-corrected chi connectivity index (χ0v) is 13.5. The lowest BCUT2D eigenvalue weighted by atomic mass is 10.1. The molecule has 0 aromatic heterocycles. The third-order valence-electron chi connectivity index (χ3n) is 3.82. The van der Waals surface area contributed by atoms with Gasteiger partial charge in [0.1, 0.15) is 0 Å². The predicted octanol–water partition coefficient (Wildman–Crippen LogP) is 4.65. The molecule has 0 bridgehead atoms. The van der Waals surface area contributed by atoms with Gasteiger partial charge in [0, 0.05) is 23.2 Å². The molecule has 3 rings (SSSR count). The van der Waals surface area contributed by atoms with Gasteiger partial charge in [0.15, 0.2) is 0 Å². The summed E-state index contributed by atoms with van der Waals surface area (Å²) >= 11 is 3.66. The summed E-state index contributed by atoms with van der Waals surface area (Å²) in [5, 5.41) is 7.06. The van der Waals surface area contributed by atoms with E-state index in [1.807, 2.05) is 0 Å². The molecular weight excluding hydrogens is 312 g/mol. The molecular formula is C17H19BrN2. The van der Waals surface area contributed by atoms with Gasteiger partial charge in [-0.25, -0.2) is 0 Å². The quantitative estimate of drug-likeness (QED) is 0.856. The number of aryl methyl sites for hydroxylation is 2. The van der Waals surface area contributed by atoms with Gasteiger partial charge in [0.05, 0.1) is 5.69 Å². The molecule has 2 aromatic carbocycles. The third-order valence-corrected chi connectivity index (χ3v) is 4.45. The van der Waals surface area contributed by atoms with Crippen molar-refractivity contribution in [3.63, 3.8) is 0 Å². The van der Waals surface area contributed by atoms with Crippen LogP contribution in [0.25, 0.3) is 0 Å². The number of anilines is 2. The lowest BCUT2D eigenvalue weighted by Crippen LogP contribution is -2.05. The molecule has 0 unspecified atom stereocenters. The van der Waals surface area contributed by atoms with Gasteiger partial charge in [-0.15, -0.1) is 0 Å². The zero-order chi connectivity index (χ0) is 14.1. The Bertz CT molecular complexity index is 626. The van der Waals surface area contributed by atoms with Crippen molar-refractivity contribution in [2.45, 2.75) is 26.8 Å². The van der Waals surface area contributed by atoms with E-state index in [4.69, 9.17) is 0 Å². The average Bonchev–Trinajstić information content (AvgIpc) is 2.86. The van der Waals surface area contributed by atoms with Crippen LogP contribution in [-0.4, -0.2) is 6.54 Å². The van der Waals surface area contributed by atoms with Gasteiger partial charge in [0.25, 0.3) is 0 Å². The normalized spacial score (nSPS) is 12.9. The first kappa shape index (κ1) is 13.5. The maximum atomic E-state index is 3.66. The first-order valence-corrected chi connectivity index (χ1v) is 7.79. The minimum absolute atomic E-state index is 0.846. The Morgan fingerprint density at radius 2 is 2.10 bits per heavy atom. The highest BCUT2D eigenvalue weighted by atomic mass is 79.9. The standard InChI is InChI=1S/C17H19BrN2/c1-11-8-12(2)16(15(18)9-11)20-10-14-5-3-4-13-6-7-19-17(13)14/h3-5,8-9,19-20H,6-7,10H2,1-2H3. The van der Waals surface area contributed by atoms with Crippen LogP contribution in [0.15, 0.2) is 34.8 Å². The molecule has 3 heteroatoms. The molecule has 1 aliphatic rings. The molecule has 2 nitrogen and oxygen atoms in total. The van der Waals surface area contributed by atoms with Crippen molar-refractivity contribution >= 4 is 27.3 Å². The van der Waals surface area contributed by atoms with Gasteiger partial charge in [-0.2, -0.15) is 0 Å². The van der Waals surface area contributed by atoms with Crippen LogP contribution in [0.2, 0.25) is 0 Å². The molecule has 2 N–H and O–H groups in total. The summed E-state index contributed by atoms with van der Waals surface area (Å²) in [7, 11) is 0. The van der Waals surface area contributed by atoms with Crippen molar-refractivity contribution < 1.29 is 0 Å². The van der Waals surface area contributed by atoms with E-state index in [2.05, 4.69) is 70.7 Å². The maximum absolute atomic E-state index is 3.66. The fourth-order valence-electron chi connectivity index (χ4n) is 2.88. The Morgan fingerprint density at radius 3 is 2.90 bits per heavy atom. The van der Waals surface area contributed by atoms with Crippen LogP contribution in [0, 0.1) is 13.8 Å². The van der Waals surface area contributed by atoms with E-state index < -0.39 is 0 Å². The third kappa shape index (κ3) is 2.55. The second kappa shape index (κ2) is 5.49. The van der Waals surface area contributed by atoms with E-state index in [0.29, 0.717) is 0 Å². The van der Waals surface area contributed by atoms with Crippen LogP contribution in [-0.2, 0) is 13.0 Å². The summed E-state index contributed by atoms with van der Waals surface area (Å²) in [6.45, 7) is 6.17. The minimum Gasteiger partial charge on any atom is -0.384 e. The first-order chi connectivity index (χ1) is 9.65. The largest absolute Gasteiger partial charge is 0.384 e. The molecule has 20 heavy (non-hydrogen) atoms. The number of hydrogen-bond acceptors (Lipinski definition) is 2. The van der Waals surface area contributed by atoms with Crippen molar-refractivity contribution in [2.75, 3.05) is 17.2 Å². The summed E-state index contributed by atoms with van der Waals surface area (Å²) < 4.78 is 1.13. The van der Waals surface area contributed by atoms with Gasteiger partial charge in [-0.05, 0) is 64.5 Å². The van der Waals surface area contributed by atoms with Crippen molar-refractivity contribution in [1.82, 2.24) is 0 Å². The molecule has 0 saturated heterocycles. The lowest BCUT2D eigenvalue weighted by Gasteiger charge is -2.15. The predicted molar refractivity (Wildman–Crippen MR) is 89.6 cm³/mol. The second-order valence-corrected chi connectivity index (χ2v) is 6.27. The maximum Gasteiger partial charge on any atom is 0.0517 e. The topological polar surface area (TPSA) is 24.1 Å². The van der Waals surface area contributed by atoms with E-state index in [9.17, 15) is 0 Å². The summed E-state index contributed by atoms with van der Waals surface area (Å²) in [4.78, 5) is 0. The fraction of sp³-hybridized carbons (Fsp3) is 0.294. The molecule has 1 aliphatic heterocycles. The second-order valence-electron chi connectivity index (χ2n) is 5.42. The van der Waals surface area contributed by atoms with Crippen molar-refractivity contribution in [3.8, 4) is 0 Å². The average molecular weight is 331 g/mol. The van der Waals surface area contributed by atoms with Gasteiger partial charge in [-0.3, -0.25) is 0 Å². The molecule has 0 saturated carbocycles. The molecule has 2 aromatic rings. The van der Waals surface area contributed by atoms with E-state index in [1.165, 1.54) is 33.6 Å². The van der Waals surface area contributed by atoms with E-state index in [0.717, 1.165) is 24.0 Å². The number of rotatable bonds is 3. The highest BCUT2D eigenvalue weighted by molar-refractivity contribution is 9.10. The SMILES string of the molecule is Cc1cc(C)c(NCc2cccc3c2NCC3)c(Br)c1. The van der Waals surface area contributed by atoms with Crippen LogP contribution in [0.5, 0.6) is 0 Å². The van der Waals surface area contributed by atoms with E-state index >= 15 is 0 Å². The number of benzene rings is 2. The van der Waals surface area contributed by atoms with E-state index in [1.54, 1.807) is 0 Å². The number of hydrogen-bond donors (Lipinski definition) is 2. The molecule has 104 valence electrons. The summed E-state index contributed by atoms with van der Waals surface area (Å²) in [6.07, 6.45) is 1.14. The Labute approximate surface area is 128 Å². The van der Waals surface area contributed by atoms with Crippen LogP contribution in [0.3, 0.4) is 0 Å². The summed E-state index contributed by atoms with van der Waals surface area (Å²) in [5.74, 6) is 0. The Kier molecular flexibility index (Phi) is 3.70. The Hall–Kier alpha value is -1.48. The van der Waals surface area contributed by atoms with E-state index in [-0.39, 0.29) is 0 Å². The monoisotopic (exact) mass is 330 g/mol. The molecule has 0 aliphatic carbocycles. The summed E-state index contributed by atoms with van der Waals surface area (Å²) in [6, 6.07) is 10.9. The molecule has 0 radical (unpaired) electrons. The van der Waals surface area contributed by atoms with Crippen LogP contribution in [0.1, 0.15) is 22.3 Å². The van der Waals surface area contributed by atoms with Gasteiger partial charge in [0.2, 0.25) is 0 Å². The minimum atomic E-state index is 0.846.